The lowest BCUT2D eigenvalue weighted by molar-refractivity contribution is -0.133. The van der Waals surface area contributed by atoms with Gasteiger partial charge in [0.25, 0.3) is 0 Å². The van der Waals surface area contributed by atoms with Gasteiger partial charge >= 0.3 is 5.97 Å². The van der Waals surface area contributed by atoms with Gasteiger partial charge in [0, 0.05) is 18.2 Å². The van der Waals surface area contributed by atoms with Gasteiger partial charge in [-0.05, 0) is 42.7 Å². The van der Waals surface area contributed by atoms with E-state index in [1.54, 1.807) is 23.1 Å². The Bertz CT molecular complexity index is 847. The molecule has 3 rings (SSSR count). The Kier molecular flexibility index (Phi) is 5.84. The fourth-order valence-corrected chi connectivity index (χ4v) is 3.63. The first-order valence-corrected chi connectivity index (χ1v) is 9.00. The zero-order valence-corrected chi connectivity index (χ0v) is 14.8. The van der Waals surface area contributed by atoms with Crippen LogP contribution in [-0.2, 0) is 17.8 Å². The molecule has 4 nitrogen and oxygen atoms in total. The lowest BCUT2D eigenvalue weighted by atomic mass is 10.0. The maximum absolute atomic E-state index is 14.1. The number of hydrogen-bond donors (Lipinski definition) is 1. The molecule has 1 aliphatic rings. The van der Waals surface area contributed by atoms with Gasteiger partial charge in [0.1, 0.15) is 11.6 Å². The number of nitrogens with zero attached hydrogens (tertiary/aromatic N) is 1. The zero-order valence-electron chi connectivity index (χ0n) is 14.8. The van der Waals surface area contributed by atoms with Crippen molar-refractivity contribution in [1.82, 2.24) is 4.90 Å². The summed E-state index contributed by atoms with van der Waals surface area (Å²) in [6.45, 7) is -0.0255. The van der Waals surface area contributed by atoms with Crippen LogP contribution in [0.25, 0.3) is 0 Å². The monoisotopic (exact) mass is 373 g/mol. The largest absolute Gasteiger partial charge is 0.478 e. The molecule has 0 spiro atoms. The van der Waals surface area contributed by atoms with E-state index in [-0.39, 0.29) is 36.0 Å². The molecule has 0 aromatic heterocycles. The van der Waals surface area contributed by atoms with Crippen LogP contribution in [0.2, 0.25) is 0 Å². The van der Waals surface area contributed by atoms with E-state index in [1.807, 2.05) is 0 Å². The molecule has 2 aromatic rings. The summed E-state index contributed by atoms with van der Waals surface area (Å²) in [5.74, 6) is -2.49. The van der Waals surface area contributed by atoms with Crippen LogP contribution in [0, 0.1) is 11.6 Å². The molecule has 0 heterocycles. The highest BCUT2D eigenvalue weighted by Gasteiger charge is 2.28. The summed E-state index contributed by atoms with van der Waals surface area (Å²) in [5.41, 5.74) is 0.619. The second-order valence-corrected chi connectivity index (χ2v) is 6.83. The second-order valence-electron chi connectivity index (χ2n) is 6.83. The molecular formula is C21H21F2NO3. The van der Waals surface area contributed by atoms with E-state index in [0.29, 0.717) is 5.56 Å². The molecule has 0 unspecified atom stereocenters. The SMILES string of the molecule is O=C(O)c1ccccc1CC(=O)N(Cc1cc(F)ccc1F)C1CCCC1. The fourth-order valence-electron chi connectivity index (χ4n) is 3.63. The van der Waals surface area contributed by atoms with Crippen LogP contribution >= 0.6 is 0 Å². The van der Waals surface area contributed by atoms with Crippen LogP contribution < -0.4 is 0 Å². The third-order valence-electron chi connectivity index (χ3n) is 5.02. The molecule has 142 valence electrons. The highest BCUT2D eigenvalue weighted by molar-refractivity contribution is 5.91. The van der Waals surface area contributed by atoms with Gasteiger partial charge in [-0.3, -0.25) is 4.79 Å². The Hall–Kier alpha value is -2.76. The van der Waals surface area contributed by atoms with Gasteiger partial charge in [-0.2, -0.15) is 0 Å². The highest BCUT2D eigenvalue weighted by Crippen LogP contribution is 2.27. The van der Waals surface area contributed by atoms with Crippen molar-refractivity contribution in [2.24, 2.45) is 0 Å². The number of aromatic carboxylic acids is 1. The Balaban J connectivity index is 1.86. The molecule has 0 bridgehead atoms. The molecule has 0 aliphatic heterocycles. The van der Waals surface area contributed by atoms with E-state index in [0.717, 1.165) is 43.9 Å². The van der Waals surface area contributed by atoms with Crippen molar-refractivity contribution in [3.63, 3.8) is 0 Å². The summed E-state index contributed by atoms with van der Waals surface area (Å²) in [5, 5.41) is 9.31. The van der Waals surface area contributed by atoms with Crippen LogP contribution in [0.5, 0.6) is 0 Å². The minimum atomic E-state index is -1.10. The van der Waals surface area contributed by atoms with Gasteiger partial charge in [-0.1, -0.05) is 31.0 Å². The number of carboxylic acid groups (broad SMARTS) is 1. The molecule has 1 saturated carbocycles. The van der Waals surface area contributed by atoms with E-state index in [1.165, 1.54) is 6.07 Å². The summed E-state index contributed by atoms with van der Waals surface area (Å²) in [4.78, 5) is 26.0. The molecule has 6 heteroatoms. The first-order valence-electron chi connectivity index (χ1n) is 9.00. The maximum atomic E-state index is 14.1. The molecule has 1 amide bonds. The van der Waals surface area contributed by atoms with Crippen LogP contribution in [0.1, 0.15) is 47.2 Å². The van der Waals surface area contributed by atoms with E-state index < -0.39 is 17.6 Å². The normalized spacial score (nSPS) is 14.3. The minimum Gasteiger partial charge on any atom is -0.478 e. The van der Waals surface area contributed by atoms with Crippen molar-refractivity contribution in [3.05, 3.63) is 70.8 Å². The molecule has 1 fully saturated rings. The summed E-state index contributed by atoms with van der Waals surface area (Å²) in [7, 11) is 0. The number of halogens is 2. The number of carbonyl (C=O) groups excluding carboxylic acids is 1. The molecule has 1 N–H and O–H groups in total. The lowest BCUT2D eigenvalue weighted by Gasteiger charge is -2.29. The molecule has 0 radical (unpaired) electrons. The molecular weight excluding hydrogens is 352 g/mol. The summed E-state index contributed by atoms with van der Waals surface area (Å²) in [6.07, 6.45) is 3.49. The van der Waals surface area contributed by atoms with Gasteiger partial charge in [-0.15, -0.1) is 0 Å². The third kappa shape index (κ3) is 4.51. The van der Waals surface area contributed by atoms with E-state index in [9.17, 15) is 23.5 Å². The highest BCUT2D eigenvalue weighted by atomic mass is 19.1. The Labute approximate surface area is 156 Å². The molecule has 0 atom stereocenters. The second kappa shape index (κ2) is 8.29. The Morgan fingerprint density at radius 2 is 1.74 bits per heavy atom. The quantitative estimate of drug-likeness (QED) is 0.827. The van der Waals surface area contributed by atoms with Crippen molar-refractivity contribution in [2.75, 3.05) is 0 Å². The summed E-state index contributed by atoms with van der Waals surface area (Å²) >= 11 is 0. The standard InChI is InChI=1S/C21H21F2NO3/c22-16-9-10-19(23)15(11-16)13-24(17-6-2-3-7-17)20(25)12-14-5-1-4-8-18(14)21(26)27/h1,4-5,8-11,17H,2-3,6-7,12-13H2,(H,26,27). The van der Waals surface area contributed by atoms with Crippen LogP contribution in [0.4, 0.5) is 8.78 Å². The van der Waals surface area contributed by atoms with Crippen molar-refractivity contribution in [2.45, 2.75) is 44.7 Å². The van der Waals surface area contributed by atoms with Crippen LogP contribution in [0.15, 0.2) is 42.5 Å². The minimum absolute atomic E-state index is 0.0255. The van der Waals surface area contributed by atoms with E-state index >= 15 is 0 Å². The van der Waals surface area contributed by atoms with Crippen molar-refractivity contribution < 1.29 is 23.5 Å². The molecule has 2 aromatic carbocycles. The van der Waals surface area contributed by atoms with Crippen molar-refractivity contribution in [1.29, 1.82) is 0 Å². The maximum Gasteiger partial charge on any atom is 0.335 e. The number of carboxylic acids is 1. The zero-order chi connectivity index (χ0) is 19.4. The number of rotatable bonds is 6. The molecule has 0 saturated heterocycles. The fraction of sp³-hybridized carbons (Fsp3) is 0.333. The topological polar surface area (TPSA) is 57.6 Å². The Morgan fingerprint density at radius 3 is 2.44 bits per heavy atom. The third-order valence-corrected chi connectivity index (χ3v) is 5.02. The number of carbonyl (C=O) groups is 2. The predicted octanol–water partition coefficient (Wildman–Crippen LogP) is 4.18. The molecule has 27 heavy (non-hydrogen) atoms. The van der Waals surface area contributed by atoms with E-state index in [2.05, 4.69) is 0 Å². The number of hydrogen-bond acceptors (Lipinski definition) is 2. The van der Waals surface area contributed by atoms with Gasteiger partial charge < -0.3 is 10.0 Å². The number of benzene rings is 2. The summed E-state index contributed by atoms with van der Waals surface area (Å²) < 4.78 is 27.6. The Morgan fingerprint density at radius 1 is 1.04 bits per heavy atom. The average molecular weight is 373 g/mol. The van der Waals surface area contributed by atoms with Gasteiger partial charge in [0.2, 0.25) is 5.91 Å². The average Bonchev–Trinajstić information content (AvgIpc) is 3.17. The van der Waals surface area contributed by atoms with Crippen LogP contribution in [-0.4, -0.2) is 27.9 Å². The first kappa shape index (κ1) is 19.0. The van der Waals surface area contributed by atoms with Crippen molar-refractivity contribution in [3.8, 4) is 0 Å². The van der Waals surface area contributed by atoms with Crippen LogP contribution in [0.3, 0.4) is 0 Å². The van der Waals surface area contributed by atoms with Gasteiger partial charge in [0.15, 0.2) is 0 Å². The van der Waals surface area contributed by atoms with Gasteiger partial charge in [-0.25, -0.2) is 13.6 Å². The smallest absolute Gasteiger partial charge is 0.335 e. The van der Waals surface area contributed by atoms with E-state index in [4.69, 9.17) is 0 Å². The first-order chi connectivity index (χ1) is 13.0. The summed E-state index contributed by atoms with van der Waals surface area (Å²) in [6, 6.07) is 9.52. The predicted molar refractivity (Wildman–Crippen MR) is 96.3 cm³/mol. The van der Waals surface area contributed by atoms with Gasteiger partial charge in [0.05, 0.1) is 12.0 Å². The lowest BCUT2D eigenvalue weighted by Crippen LogP contribution is -2.39. The molecule has 1 aliphatic carbocycles. The van der Waals surface area contributed by atoms with Crippen molar-refractivity contribution >= 4 is 11.9 Å². The number of amides is 1.